The molecule has 0 spiro atoms. The zero-order valence-corrected chi connectivity index (χ0v) is 17.3. The second-order valence-corrected chi connectivity index (χ2v) is 9.86. The standard InChI is InChI=1S/C15H14Cl2N4O2S2.ClH/c16-10-8-13(24-14(10)17)25(22,23)12-7-9-11(20-12)1-2-19-15(9)21-5-3-18-4-6-21;/h1-2,7-8,18,20H,3-6H2;1H. The van der Waals surface area contributed by atoms with Crippen molar-refractivity contribution in [1.29, 1.82) is 0 Å². The average molecular weight is 454 g/mol. The smallest absolute Gasteiger partial charge is 0.231 e. The highest BCUT2D eigenvalue weighted by Crippen LogP contribution is 2.38. The van der Waals surface area contributed by atoms with Crippen molar-refractivity contribution in [3.8, 4) is 0 Å². The summed E-state index contributed by atoms with van der Waals surface area (Å²) in [7, 11) is -3.71. The fraction of sp³-hybridized carbons (Fsp3) is 0.267. The van der Waals surface area contributed by atoms with E-state index in [-0.39, 0.29) is 31.0 Å². The molecule has 2 N–H and O–H groups in total. The van der Waals surface area contributed by atoms with Gasteiger partial charge in [0.2, 0.25) is 9.84 Å². The van der Waals surface area contributed by atoms with E-state index in [1.807, 2.05) is 0 Å². The molecule has 1 aliphatic heterocycles. The summed E-state index contributed by atoms with van der Waals surface area (Å²) in [6.45, 7) is 3.41. The highest BCUT2D eigenvalue weighted by atomic mass is 35.5. The summed E-state index contributed by atoms with van der Waals surface area (Å²) in [5, 5.41) is 4.44. The summed E-state index contributed by atoms with van der Waals surface area (Å²) in [5.41, 5.74) is 0.732. The largest absolute Gasteiger partial charge is 0.354 e. The molecule has 0 aromatic carbocycles. The number of anilines is 1. The van der Waals surface area contributed by atoms with Crippen molar-refractivity contribution in [3.63, 3.8) is 0 Å². The van der Waals surface area contributed by atoms with Gasteiger partial charge < -0.3 is 15.2 Å². The number of fused-ring (bicyclic) bond motifs is 1. The first-order valence-corrected chi connectivity index (χ1v) is 10.7. The van der Waals surface area contributed by atoms with Gasteiger partial charge in [-0.05, 0) is 18.2 Å². The van der Waals surface area contributed by atoms with E-state index in [1.165, 1.54) is 6.07 Å². The van der Waals surface area contributed by atoms with Gasteiger partial charge in [-0.25, -0.2) is 13.4 Å². The van der Waals surface area contributed by atoms with E-state index in [0.717, 1.165) is 54.2 Å². The second kappa shape index (κ2) is 7.53. The molecule has 4 rings (SSSR count). The maximum Gasteiger partial charge on any atom is 0.231 e. The molecule has 0 atom stereocenters. The third-order valence-corrected chi connectivity index (χ3v) is 8.11. The number of aromatic nitrogens is 2. The molecule has 0 unspecified atom stereocenters. The number of H-pyrrole nitrogens is 1. The number of aromatic amines is 1. The molecule has 1 aliphatic rings. The van der Waals surface area contributed by atoms with Crippen LogP contribution in [0.3, 0.4) is 0 Å². The zero-order valence-electron chi connectivity index (χ0n) is 13.3. The van der Waals surface area contributed by atoms with Crippen LogP contribution < -0.4 is 10.2 Å². The van der Waals surface area contributed by atoms with Crippen LogP contribution >= 0.6 is 46.9 Å². The van der Waals surface area contributed by atoms with Gasteiger partial charge in [-0.1, -0.05) is 23.2 Å². The number of nitrogens with zero attached hydrogens (tertiary/aromatic N) is 2. The number of nitrogens with one attached hydrogen (secondary N) is 2. The van der Waals surface area contributed by atoms with Gasteiger partial charge in [0.1, 0.15) is 19.4 Å². The van der Waals surface area contributed by atoms with Crippen LogP contribution in [0.15, 0.2) is 33.6 Å². The van der Waals surface area contributed by atoms with Gasteiger partial charge in [0, 0.05) is 37.8 Å². The molecule has 6 nitrogen and oxygen atoms in total. The molecule has 4 heterocycles. The summed E-state index contributed by atoms with van der Waals surface area (Å²) in [6, 6.07) is 4.79. The molecule has 140 valence electrons. The van der Waals surface area contributed by atoms with Gasteiger partial charge in [0.05, 0.1) is 10.5 Å². The maximum absolute atomic E-state index is 12.9. The molecule has 3 aromatic heterocycles. The number of rotatable bonds is 3. The number of hydrogen-bond donors (Lipinski definition) is 2. The lowest BCUT2D eigenvalue weighted by atomic mass is 10.2. The Kier molecular flexibility index (Phi) is 5.72. The third kappa shape index (κ3) is 3.42. The van der Waals surface area contributed by atoms with E-state index in [1.54, 1.807) is 18.3 Å². The molecule has 0 bridgehead atoms. The first-order chi connectivity index (χ1) is 12.0. The van der Waals surface area contributed by atoms with E-state index in [9.17, 15) is 8.42 Å². The molecule has 0 saturated carbocycles. The Bertz CT molecular complexity index is 1020. The van der Waals surface area contributed by atoms with Gasteiger partial charge >= 0.3 is 0 Å². The summed E-state index contributed by atoms with van der Waals surface area (Å²) >= 11 is 12.8. The molecule has 3 aromatic rings. The fourth-order valence-electron chi connectivity index (χ4n) is 2.85. The number of halogens is 3. The Hall–Kier alpha value is -1.03. The quantitative estimate of drug-likeness (QED) is 0.633. The normalized spacial score (nSPS) is 15.2. The Morgan fingerprint density at radius 2 is 1.92 bits per heavy atom. The molecule has 1 fully saturated rings. The van der Waals surface area contributed by atoms with E-state index in [4.69, 9.17) is 23.2 Å². The third-order valence-electron chi connectivity index (χ3n) is 4.10. The van der Waals surface area contributed by atoms with Gasteiger partial charge in [-0.3, -0.25) is 0 Å². The topological polar surface area (TPSA) is 78.1 Å². The van der Waals surface area contributed by atoms with Gasteiger partial charge in [-0.2, -0.15) is 0 Å². The summed E-state index contributed by atoms with van der Waals surface area (Å²) in [6.07, 6.45) is 1.69. The molecule has 11 heteroatoms. The van der Waals surface area contributed by atoms with Crippen molar-refractivity contribution in [3.05, 3.63) is 33.8 Å². The first-order valence-electron chi connectivity index (χ1n) is 7.60. The maximum atomic E-state index is 12.9. The van der Waals surface area contributed by atoms with Crippen molar-refractivity contribution >= 4 is 73.5 Å². The predicted octanol–water partition coefficient (Wildman–Crippen LogP) is 3.60. The van der Waals surface area contributed by atoms with Crippen molar-refractivity contribution in [1.82, 2.24) is 15.3 Å². The van der Waals surface area contributed by atoms with E-state index in [0.29, 0.717) is 0 Å². The lowest BCUT2D eigenvalue weighted by Gasteiger charge is -2.28. The SMILES string of the molecule is Cl.O=S(=O)(c1cc2c(N3CCNCC3)nccc2[nH]1)c1cc(Cl)c(Cl)s1. The van der Waals surface area contributed by atoms with E-state index < -0.39 is 9.84 Å². The van der Waals surface area contributed by atoms with Gasteiger partial charge in [-0.15, -0.1) is 23.7 Å². The number of thiophene rings is 1. The number of pyridine rings is 1. The number of sulfone groups is 1. The zero-order chi connectivity index (χ0) is 17.6. The van der Waals surface area contributed by atoms with Crippen LogP contribution in [-0.4, -0.2) is 44.6 Å². The Morgan fingerprint density at radius 3 is 2.58 bits per heavy atom. The van der Waals surface area contributed by atoms with E-state index >= 15 is 0 Å². The van der Waals surface area contributed by atoms with Crippen molar-refractivity contribution in [2.45, 2.75) is 9.24 Å². The number of hydrogen-bond acceptors (Lipinski definition) is 6. The molecule has 0 amide bonds. The monoisotopic (exact) mass is 452 g/mol. The van der Waals surface area contributed by atoms with Gasteiger partial charge in [0.25, 0.3) is 0 Å². The van der Waals surface area contributed by atoms with Gasteiger partial charge in [0.15, 0.2) is 0 Å². The number of piperazine rings is 1. The minimum atomic E-state index is -3.71. The Labute approximate surface area is 170 Å². The minimum Gasteiger partial charge on any atom is -0.354 e. The van der Waals surface area contributed by atoms with Crippen LogP contribution in [-0.2, 0) is 9.84 Å². The highest BCUT2D eigenvalue weighted by Gasteiger charge is 2.25. The molecule has 0 radical (unpaired) electrons. The average Bonchev–Trinajstić information content (AvgIpc) is 3.20. The lowest BCUT2D eigenvalue weighted by Crippen LogP contribution is -2.43. The Morgan fingerprint density at radius 1 is 1.19 bits per heavy atom. The Balaban J connectivity index is 0.00000196. The van der Waals surface area contributed by atoms with Crippen LogP contribution in [0.5, 0.6) is 0 Å². The molecule has 26 heavy (non-hydrogen) atoms. The van der Waals surface area contributed by atoms with E-state index in [2.05, 4.69) is 20.2 Å². The van der Waals surface area contributed by atoms with Crippen molar-refractivity contribution in [2.24, 2.45) is 0 Å². The molecule has 1 saturated heterocycles. The van der Waals surface area contributed by atoms with Crippen LogP contribution in [0.25, 0.3) is 10.9 Å². The van der Waals surface area contributed by atoms with Crippen molar-refractivity contribution < 1.29 is 8.42 Å². The lowest BCUT2D eigenvalue weighted by molar-refractivity contribution is 0.586. The van der Waals surface area contributed by atoms with Crippen LogP contribution in [0, 0.1) is 0 Å². The fourth-order valence-corrected chi connectivity index (χ4v) is 6.12. The first kappa shape index (κ1) is 19.7. The summed E-state index contributed by atoms with van der Waals surface area (Å²) in [5.74, 6) is 0.791. The minimum absolute atomic E-state index is 0. The van der Waals surface area contributed by atoms with Crippen LogP contribution in [0.2, 0.25) is 9.36 Å². The summed E-state index contributed by atoms with van der Waals surface area (Å²) in [4.78, 5) is 9.61. The molecule has 0 aliphatic carbocycles. The highest BCUT2D eigenvalue weighted by molar-refractivity contribution is 7.93. The predicted molar refractivity (Wildman–Crippen MR) is 108 cm³/mol. The molecular weight excluding hydrogens is 439 g/mol. The summed E-state index contributed by atoms with van der Waals surface area (Å²) < 4.78 is 26.1. The van der Waals surface area contributed by atoms with Crippen molar-refractivity contribution in [2.75, 3.05) is 31.1 Å². The van der Waals surface area contributed by atoms with Crippen LogP contribution in [0.1, 0.15) is 0 Å². The van der Waals surface area contributed by atoms with Crippen LogP contribution in [0.4, 0.5) is 5.82 Å². The second-order valence-electron chi connectivity index (χ2n) is 5.66. The molecular formula is C15H15Cl3N4O2S2.